The lowest BCUT2D eigenvalue weighted by molar-refractivity contribution is -0.118. The van der Waals surface area contributed by atoms with Crippen LogP contribution in [0.2, 0.25) is 0 Å². The Morgan fingerprint density at radius 1 is 1.16 bits per heavy atom. The second kappa shape index (κ2) is 12.7. The minimum absolute atomic E-state index is 0.0570. The summed E-state index contributed by atoms with van der Waals surface area (Å²) in [6.07, 6.45) is 2.18. The first-order valence-electron chi connectivity index (χ1n) is 11.0. The fourth-order valence-corrected chi connectivity index (χ4v) is 4.38. The molecule has 1 N–H and O–H groups in total. The number of likely N-dealkylation sites (N-methyl/N-ethyl adjacent to an activating group) is 1. The molecule has 31 heavy (non-hydrogen) atoms. The fourth-order valence-electron chi connectivity index (χ4n) is 3.56. The smallest absolute Gasteiger partial charge is 0.230 e. The first-order chi connectivity index (χ1) is 15.1. The zero-order chi connectivity index (χ0) is 21.9. The summed E-state index contributed by atoms with van der Waals surface area (Å²) in [7, 11) is 2.15. The third kappa shape index (κ3) is 8.56. The molecule has 3 rings (SSSR count). The number of hydrogen-bond acceptors (Lipinski definition) is 5. The van der Waals surface area contributed by atoms with E-state index >= 15 is 0 Å². The molecule has 0 spiro atoms. The molecule has 6 heteroatoms. The Bertz CT molecular complexity index is 807. The van der Waals surface area contributed by atoms with Crippen LogP contribution in [0.1, 0.15) is 29.5 Å². The fraction of sp³-hybridized carbons (Fsp3) is 0.480. The number of nitrogens with one attached hydrogen (secondary N) is 1. The maximum atomic E-state index is 12.2. The van der Waals surface area contributed by atoms with E-state index in [1.54, 1.807) is 11.8 Å². The Hall–Kier alpha value is -2.02. The third-order valence-electron chi connectivity index (χ3n) is 5.54. The van der Waals surface area contributed by atoms with E-state index < -0.39 is 0 Å². The molecule has 1 fully saturated rings. The molecule has 0 aromatic heterocycles. The molecule has 1 saturated heterocycles. The van der Waals surface area contributed by atoms with Crippen molar-refractivity contribution >= 4 is 17.7 Å². The maximum Gasteiger partial charge on any atom is 0.230 e. The summed E-state index contributed by atoms with van der Waals surface area (Å²) in [5, 5.41) is 3.00. The Morgan fingerprint density at radius 2 is 1.94 bits per heavy atom. The van der Waals surface area contributed by atoms with Crippen molar-refractivity contribution in [3.63, 3.8) is 0 Å². The number of hydrogen-bond donors (Lipinski definition) is 1. The van der Waals surface area contributed by atoms with E-state index in [4.69, 9.17) is 9.47 Å². The molecule has 0 unspecified atom stereocenters. The highest BCUT2D eigenvalue weighted by Gasteiger charge is 2.17. The van der Waals surface area contributed by atoms with Crippen LogP contribution in [0, 0.1) is 6.92 Å². The minimum atomic E-state index is 0.0570. The topological polar surface area (TPSA) is 50.8 Å². The highest BCUT2D eigenvalue weighted by Crippen LogP contribution is 2.16. The number of amides is 1. The number of carbonyl (C=O) groups excluding carboxylic acids is 1. The number of benzene rings is 2. The molecule has 0 aliphatic carbocycles. The molecule has 168 valence electrons. The molecule has 2 aromatic carbocycles. The summed E-state index contributed by atoms with van der Waals surface area (Å²) in [6.45, 7) is 5.85. The molecule has 0 saturated carbocycles. The summed E-state index contributed by atoms with van der Waals surface area (Å²) in [5.41, 5.74) is 3.55. The van der Waals surface area contributed by atoms with Gasteiger partial charge in [0.25, 0.3) is 0 Å². The quantitative estimate of drug-likeness (QED) is 0.569. The van der Waals surface area contributed by atoms with Crippen LogP contribution in [0.15, 0.2) is 48.5 Å². The second-order valence-electron chi connectivity index (χ2n) is 8.08. The largest absolute Gasteiger partial charge is 0.492 e. The van der Waals surface area contributed by atoms with Gasteiger partial charge >= 0.3 is 0 Å². The van der Waals surface area contributed by atoms with Gasteiger partial charge in [-0.05, 0) is 50.1 Å². The van der Waals surface area contributed by atoms with Gasteiger partial charge in [0, 0.05) is 38.1 Å². The lowest BCUT2D eigenvalue weighted by Gasteiger charge is -2.31. The number of ether oxygens (including phenoxy) is 2. The van der Waals surface area contributed by atoms with Crippen molar-refractivity contribution in [2.24, 2.45) is 0 Å². The van der Waals surface area contributed by atoms with Crippen LogP contribution < -0.4 is 10.1 Å². The standard InChI is InChI=1S/C25H34N2O3S/c1-20-6-8-21(9-7-20)18-31-19-25(28)26-17-22-4-3-5-24(16-22)30-15-12-27(2)23-10-13-29-14-11-23/h3-9,16,23H,10-15,17-19H2,1-2H3,(H,26,28). The molecule has 2 aromatic rings. The van der Waals surface area contributed by atoms with E-state index in [1.165, 1.54) is 11.1 Å². The van der Waals surface area contributed by atoms with Crippen molar-refractivity contribution in [2.45, 2.75) is 38.1 Å². The van der Waals surface area contributed by atoms with Crippen molar-refractivity contribution in [3.8, 4) is 5.75 Å². The van der Waals surface area contributed by atoms with Gasteiger partial charge in [-0.25, -0.2) is 0 Å². The van der Waals surface area contributed by atoms with Gasteiger partial charge in [-0.3, -0.25) is 9.69 Å². The van der Waals surface area contributed by atoms with E-state index in [0.717, 1.165) is 49.7 Å². The number of aryl methyl sites for hydroxylation is 1. The van der Waals surface area contributed by atoms with Crippen LogP contribution in [-0.2, 0) is 21.8 Å². The van der Waals surface area contributed by atoms with Gasteiger partial charge < -0.3 is 14.8 Å². The van der Waals surface area contributed by atoms with Gasteiger partial charge in [0.2, 0.25) is 5.91 Å². The lowest BCUT2D eigenvalue weighted by Crippen LogP contribution is -2.38. The summed E-state index contributed by atoms with van der Waals surface area (Å²) in [5.74, 6) is 2.21. The molecule has 1 aliphatic rings. The van der Waals surface area contributed by atoms with Crippen LogP contribution in [0.3, 0.4) is 0 Å². The molecule has 1 heterocycles. The Kier molecular flexibility index (Phi) is 9.72. The predicted molar refractivity (Wildman–Crippen MR) is 128 cm³/mol. The van der Waals surface area contributed by atoms with Crippen LogP contribution in [0.25, 0.3) is 0 Å². The van der Waals surface area contributed by atoms with Crippen molar-refractivity contribution in [1.29, 1.82) is 0 Å². The van der Waals surface area contributed by atoms with E-state index in [1.807, 2.05) is 24.3 Å². The van der Waals surface area contributed by atoms with Gasteiger partial charge in [0.05, 0.1) is 5.75 Å². The van der Waals surface area contributed by atoms with E-state index in [0.29, 0.717) is 24.9 Å². The van der Waals surface area contributed by atoms with Gasteiger partial charge in [-0.15, -0.1) is 11.8 Å². The number of nitrogens with zero attached hydrogens (tertiary/aromatic N) is 1. The average molecular weight is 443 g/mol. The summed E-state index contributed by atoms with van der Waals surface area (Å²) < 4.78 is 11.4. The lowest BCUT2D eigenvalue weighted by atomic mass is 10.1. The van der Waals surface area contributed by atoms with Crippen molar-refractivity contribution in [2.75, 3.05) is 39.2 Å². The Morgan fingerprint density at radius 3 is 2.71 bits per heavy atom. The first kappa shape index (κ1) is 23.6. The Balaban J connectivity index is 1.33. The molecule has 5 nitrogen and oxygen atoms in total. The molecule has 1 amide bonds. The van der Waals surface area contributed by atoms with Crippen molar-refractivity contribution < 1.29 is 14.3 Å². The SMILES string of the molecule is Cc1ccc(CSCC(=O)NCc2cccc(OCCN(C)C3CCOCC3)c2)cc1. The van der Waals surface area contributed by atoms with Gasteiger partial charge in [-0.2, -0.15) is 0 Å². The van der Waals surface area contributed by atoms with Gasteiger partial charge in [-0.1, -0.05) is 42.0 Å². The normalized spacial score (nSPS) is 14.5. The molecule has 1 aliphatic heterocycles. The number of rotatable bonds is 11. The van der Waals surface area contributed by atoms with Crippen LogP contribution in [-0.4, -0.2) is 56.0 Å². The summed E-state index contributed by atoms with van der Waals surface area (Å²) >= 11 is 1.63. The maximum absolute atomic E-state index is 12.2. The molecule has 0 radical (unpaired) electrons. The van der Waals surface area contributed by atoms with Crippen LogP contribution in [0.4, 0.5) is 0 Å². The molecule has 0 atom stereocenters. The number of thioether (sulfide) groups is 1. The third-order valence-corrected chi connectivity index (χ3v) is 6.54. The second-order valence-corrected chi connectivity index (χ2v) is 9.06. The minimum Gasteiger partial charge on any atom is -0.492 e. The zero-order valence-corrected chi connectivity index (χ0v) is 19.5. The van der Waals surface area contributed by atoms with Crippen LogP contribution in [0.5, 0.6) is 5.75 Å². The van der Waals surface area contributed by atoms with E-state index in [-0.39, 0.29) is 5.91 Å². The molecular weight excluding hydrogens is 408 g/mol. The predicted octanol–water partition coefficient (Wildman–Crippen LogP) is 4.03. The summed E-state index contributed by atoms with van der Waals surface area (Å²) in [6, 6.07) is 17.0. The monoisotopic (exact) mass is 442 g/mol. The zero-order valence-electron chi connectivity index (χ0n) is 18.6. The van der Waals surface area contributed by atoms with Crippen molar-refractivity contribution in [1.82, 2.24) is 10.2 Å². The van der Waals surface area contributed by atoms with Gasteiger partial charge in [0.15, 0.2) is 0 Å². The highest BCUT2D eigenvalue weighted by atomic mass is 32.2. The van der Waals surface area contributed by atoms with Gasteiger partial charge in [0.1, 0.15) is 12.4 Å². The molecular formula is C25H34N2O3S. The summed E-state index contributed by atoms with van der Waals surface area (Å²) in [4.78, 5) is 14.5. The first-order valence-corrected chi connectivity index (χ1v) is 12.2. The van der Waals surface area contributed by atoms with E-state index in [2.05, 4.69) is 48.5 Å². The Labute approximate surface area is 190 Å². The van der Waals surface area contributed by atoms with Crippen molar-refractivity contribution in [3.05, 3.63) is 65.2 Å². The highest BCUT2D eigenvalue weighted by molar-refractivity contribution is 7.99. The van der Waals surface area contributed by atoms with Crippen LogP contribution >= 0.6 is 11.8 Å². The number of carbonyl (C=O) groups is 1. The average Bonchev–Trinajstić information content (AvgIpc) is 2.80. The molecule has 0 bridgehead atoms. The van der Waals surface area contributed by atoms with E-state index in [9.17, 15) is 4.79 Å².